The SMILES string of the molecule is CC[C@@H](NC(=O)c1cccc(OC)c1)c1ccc(C)cc1. The summed E-state index contributed by atoms with van der Waals surface area (Å²) in [6, 6.07) is 15.5. The van der Waals surface area contributed by atoms with Crippen molar-refractivity contribution in [2.24, 2.45) is 0 Å². The number of carbonyl (C=O) groups excluding carboxylic acids is 1. The third kappa shape index (κ3) is 3.85. The molecule has 0 bridgehead atoms. The van der Waals surface area contributed by atoms with E-state index in [-0.39, 0.29) is 11.9 Å². The Morgan fingerprint density at radius 2 is 1.90 bits per heavy atom. The highest BCUT2D eigenvalue weighted by atomic mass is 16.5. The van der Waals surface area contributed by atoms with Crippen molar-refractivity contribution < 1.29 is 9.53 Å². The van der Waals surface area contributed by atoms with Crippen LogP contribution in [0.1, 0.15) is 40.9 Å². The Morgan fingerprint density at radius 1 is 1.19 bits per heavy atom. The highest BCUT2D eigenvalue weighted by Crippen LogP contribution is 2.19. The van der Waals surface area contributed by atoms with E-state index in [0.717, 1.165) is 12.0 Å². The molecule has 0 radical (unpaired) electrons. The molecule has 2 aromatic rings. The number of hydrogen-bond acceptors (Lipinski definition) is 2. The second-order valence-electron chi connectivity index (χ2n) is 5.08. The van der Waals surface area contributed by atoms with Crippen molar-refractivity contribution in [3.63, 3.8) is 0 Å². The Hall–Kier alpha value is -2.29. The zero-order valence-corrected chi connectivity index (χ0v) is 12.7. The van der Waals surface area contributed by atoms with E-state index in [1.54, 1.807) is 19.2 Å². The summed E-state index contributed by atoms with van der Waals surface area (Å²) in [4.78, 5) is 12.4. The van der Waals surface area contributed by atoms with E-state index in [4.69, 9.17) is 4.74 Å². The number of carbonyl (C=O) groups is 1. The third-order valence-corrected chi connectivity index (χ3v) is 3.53. The maximum absolute atomic E-state index is 12.4. The van der Waals surface area contributed by atoms with E-state index in [9.17, 15) is 4.79 Å². The van der Waals surface area contributed by atoms with E-state index in [1.807, 2.05) is 12.1 Å². The fourth-order valence-corrected chi connectivity index (χ4v) is 2.23. The van der Waals surface area contributed by atoms with Gasteiger partial charge in [0.25, 0.3) is 5.91 Å². The lowest BCUT2D eigenvalue weighted by molar-refractivity contribution is 0.0935. The normalized spacial score (nSPS) is 11.8. The zero-order valence-electron chi connectivity index (χ0n) is 12.7. The molecule has 0 saturated heterocycles. The molecule has 0 aliphatic carbocycles. The molecule has 0 spiro atoms. The Kier molecular flexibility index (Phi) is 4.99. The summed E-state index contributed by atoms with van der Waals surface area (Å²) in [5.74, 6) is 0.604. The van der Waals surface area contributed by atoms with Gasteiger partial charge in [-0.15, -0.1) is 0 Å². The van der Waals surface area contributed by atoms with Crippen LogP contribution in [0, 0.1) is 6.92 Å². The highest BCUT2D eigenvalue weighted by Gasteiger charge is 2.14. The van der Waals surface area contributed by atoms with Crippen LogP contribution < -0.4 is 10.1 Å². The van der Waals surface area contributed by atoms with Crippen molar-refractivity contribution in [3.8, 4) is 5.75 Å². The molecule has 3 nitrogen and oxygen atoms in total. The molecule has 1 amide bonds. The van der Waals surface area contributed by atoms with Gasteiger partial charge >= 0.3 is 0 Å². The number of hydrogen-bond donors (Lipinski definition) is 1. The lowest BCUT2D eigenvalue weighted by Gasteiger charge is -2.18. The number of nitrogens with one attached hydrogen (secondary N) is 1. The molecule has 0 fully saturated rings. The molecule has 1 N–H and O–H groups in total. The maximum Gasteiger partial charge on any atom is 0.251 e. The molecule has 1 atom stereocenters. The second kappa shape index (κ2) is 6.93. The largest absolute Gasteiger partial charge is 0.497 e. The van der Waals surface area contributed by atoms with E-state index in [2.05, 4.69) is 43.4 Å². The van der Waals surface area contributed by atoms with Crippen LogP contribution in [0.5, 0.6) is 5.75 Å². The molecule has 0 aromatic heterocycles. The molecule has 0 aliphatic rings. The van der Waals surface area contributed by atoms with Gasteiger partial charge in [0.15, 0.2) is 0 Å². The minimum atomic E-state index is -0.0821. The Labute approximate surface area is 126 Å². The monoisotopic (exact) mass is 283 g/mol. The Bertz CT molecular complexity index is 605. The molecule has 0 heterocycles. The average Bonchev–Trinajstić information content (AvgIpc) is 2.53. The molecule has 2 aromatic carbocycles. The Balaban J connectivity index is 2.14. The predicted molar refractivity (Wildman–Crippen MR) is 84.7 cm³/mol. The van der Waals surface area contributed by atoms with Gasteiger partial charge in [-0.3, -0.25) is 4.79 Å². The summed E-state index contributed by atoms with van der Waals surface area (Å²) in [6.07, 6.45) is 0.846. The molecule has 21 heavy (non-hydrogen) atoms. The van der Waals surface area contributed by atoms with E-state index >= 15 is 0 Å². The first-order valence-electron chi connectivity index (χ1n) is 7.15. The van der Waals surface area contributed by atoms with Crippen molar-refractivity contribution in [2.45, 2.75) is 26.3 Å². The summed E-state index contributed by atoms with van der Waals surface area (Å²) < 4.78 is 5.15. The topological polar surface area (TPSA) is 38.3 Å². The highest BCUT2D eigenvalue weighted by molar-refractivity contribution is 5.94. The molecule has 0 saturated carbocycles. The van der Waals surface area contributed by atoms with Crippen LogP contribution >= 0.6 is 0 Å². The standard InChI is InChI=1S/C18H21NO2/c1-4-17(14-10-8-13(2)9-11-14)19-18(20)15-6-5-7-16(12-15)21-3/h5-12,17H,4H2,1-3H3,(H,19,20)/t17-/m1/s1. The lowest BCUT2D eigenvalue weighted by atomic mass is 10.0. The van der Waals surface area contributed by atoms with E-state index in [1.165, 1.54) is 5.56 Å². The average molecular weight is 283 g/mol. The van der Waals surface area contributed by atoms with Crippen LogP contribution in [0.2, 0.25) is 0 Å². The second-order valence-corrected chi connectivity index (χ2v) is 5.08. The number of rotatable bonds is 5. The van der Waals surface area contributed by atoms with Gasteiger partial charge in [0, 0.05) is 5.56 Å². The number of methoxy groups -OCH3 is 1. The van der Waals surface area contributed by atoms with Gasteiger partial charge in [0.05, 0.1) is 13.2 Å². The summed E-state index contributed by atoms with van der Waals surface area (Å²) in [7, 11) is 1.60. The smallest absolute Gasteiger partial charge is 0.251 e. The van der Waals surface area contributed by atoms with Crippen molar-refractivity contribution in [1.29, 1.82) is 0 Å². The van der Waals surface area contributed by atoms with Gasteiger partial charge in [-0.2, -0.15) is 0 Å². The first-order chi connectivity index (χ1) is 10.1. The molecule has 2 rings (SSSR count). The van der Waals surface area contributed by atoms with Crippen molar-refractivity contribution in [3.05, 3.63) is 65.2 Å². The third-order valence-electron chi connectivity index (χ3n) is 3.53. The number of benzene rings is 2. The lowest BCUT2D eigenvalue weighted by Crippen LogP contribution is -2.28. The van der Waals surface area contributed by atoms with Crippen molar-refractivity contribution >= 4 is 5.91 Å². The zero-order chi connectivity index (χ0) is 15.2. The fourth-order valence-electron chi connectivity index (χ4n) is 2.23. The van der Waals surface area contributed by atoms with Crippen LogP contribution in [0.4, 0.5) is 0 Å². The molecule has 0 aliphatic heterocycles. The van der Waals surface area contributed by atoms with Crippen LogP contribution in [0.25, 0.3) is 0 Å². The molecular weight excluding hydrogens is 262 g/mol. The summed E-state index contributed by atoms with van der Waals surface area (Å²) in [5, 5.41) is 3.08. The minimum absolute atomic E-state index is 0.0179. The first kappa shape index (κ1) is 15.1. The number of ether oxygens (including phenoxy) is 1. The van der Waals surface area contributed by atoms with E-state index in [0.29, 0.717) is 11.3 Å². The van der Waals surface area contributed by atoms with Crippen molar-refractivity contribution in [1.82, 2.24) is 5.32 Å². The fraction of sp³-hybridized carbons (Fsp3) is 0.278. The van der Waals surface area contributed by atoms with Gasteiger partial charge in [-0.25, -0.2) is 0 Å². The van der Waals surface area contributed by atoms with Crippen molar-refractivity contribution in [2.75, 3.05) is 7.11 Å². The van der Waals surface area contributed by atoms with E-state index < -0.39 is 0 Å². The molecule has 110 valence electrons. The van der Waals surface area contributed by atoms with Gasteiger partial charge in [-0.05, 0) is 37.1 Å². The Morgan fingerprint density at radius 3 is 2.52 bits per heavy atom. The first-order valence-corrected chi connectivity index (χ1v) is 7.15. The molecule has 0 unspecified atom stereocenters. The number of amides is 1. The predicted octanol–water partition coefficient (Wildman–Crippen LogP) is 3.88. The molecule has 3 heteroatoms. The summed E-state index contributed by atoms with van der Waals surface area (Å²) in [5.41, 5.74) is 2.95. The number of aryl methyl sites for hydroxylation is 1. The molecular formula is C18H21NO2. The summed E-state index contributed by atoms with van der Waals surface area (Å²) >= 11 is 0. The van der Waals surface area contributed by atoms with Gasteiger partial charge in [0.1, 0.15) is 5.75 Å². The van der Waals surface area contributed by atoms with Gasteiger partial charge in [0.2, 0.25) is 0 Å². The van der Waals surface area contributed by atoms with Crippen LogP contribution in [-0.2, 0) is 0 Å². The van der Waals surface area contributed by atoms with Gasteiger partial charge < -0.3 is 10.1 Å². The quantitative estimate of drug-likeness (QED) is 0.904. The van der Waals surface area contributed by atoms with Crippen LogP contribution in [-0.4, -0.2) is 13.0 Å². The maximum atomic E-state index is 12.4. The van der Waals surface area contributed by atoms with Gasteiger partial charge in [-0.1, -0.05) is 42.8 Å². The minimum Gasteiger partial charge on any atom is -0.497 e. The van der Waals surface area contributed by atoms with Crippen LogP contribution in [0.3, 0.4) is 0 Å². The summed E-state index contributed by atoms with van der Waals surface area (Å²) in [6.45, 7) is 4.12. The van der Waals surface area contributed by atoms with Crippen LogP contribution in [0.15, 0.2) is 48.5 Å².